The van der Waals surface area contributed by atoms with Gasteiger partial charge in [0, 0.05) is 0 Å². The third-order valence-electron chi connectivity index (χ3n) is 2.51. The minimum atomic E-state index is -0.625. The lowest BCUT2D eigenvalue weighted by Crippen LogP contribution is -2.08. The maximum atomic E-state index is 11.9. The average Bonchev–Trinajstić information content (AvgIpc) is 2.47. The number of ether oxygens (including phenoxy) is 2. The van der Waals surface area contributed by atoms with Crippen LogP contribution in [0.3, 0.4) is 0 Å². The Morgan fingerprint density at radius 2 is 2.05 bits per heavy atom. The molecule has 1 aromatic carbocycles. The van der Waals surface area contributed by atoms with E-state index >= 15 is 0 Å². The van der Waals surface area contributed by atoms with Crippen LogP contribution in [-0.4, -0.2) is 18.1 Å². The van der Waals surface area contributed by atoms with Gasteiger partial charge in [-0.25, -0.2) is 9.78 Å². The van der Waals surface area contributed by atoms with Gasteiger partial charge in [-0.2, -0.15) is 0 Å². The van der Waals surface area contributed by atoms with Gasteiger partial charge in [-0.05, 0) is 29.8 Å². The van der Waals surface area contributed by atoms with E-state index in [1.54, 1.807) is 19.2 Å². The van der Waals surface area contributed by atoms with Crippen molar-refractivity contribution < 1.29 is 14.3 Å². The Balaban J connectivity index is 2.06. The van der Waals surface area contributed by atoms with Crippen molar-refractivity contribution in [3.8, 4) is 5.75 Å². The summed E-state index contributed by atoms with van der Waals surface area (Å²) in [5.74, 6) is 0.0674. The molecule has 4 nitrogen and oxygen atoms in total. The minimum Gasteiger partial charge on any atom is -0.497 e. The number of carbonyl (C=O) groups excluding carboxylic acids is 1. The van der Waals surface area contributed by atoms with Crippen LogP contribution in [-0.2, 0) is 11.3 Å². The molecular formula is C14H11Cl2NO3. The maximum absolute atomic E-state index is 11.9. The van der Waals surface area contributed by atoms with E-state index in [2.05, 4.69) is 4.98 Å². The number of aromatic nitrogens is 1. The molecule has 20 heavy (non-hydrogen) atoms. The second-order valence-electron chi connectivity index (χ2n) is 3.89. The molecule has 0 N–H and O–H groups in total. The molecule has 0 saturated heterocycles. The second kappa shape index (κ2) is 6.59. The molecule has 0 radical (unpaired) electrons. The van der Waals surface area contributed by atoms with Crippen LogP contribution in [0.15, 0.2) is 36.4 Å². The Labute approximate surface area is 126 Å². The molecule has 1 aromatic heterocycles. The summed E-state index contributed by atoms with van der Waals surface area (Å²) < 4.78 is 10.2. The van der Waals surface area contributed by atoms with Crippen LogP contribution >= 0.6 is 23.2 Å². The zero-order valence-corrected chi connectivity index (χ0v) is 12.1. The molecule has 0 amide bonds. The molecule has 0 bridgehead atoms. The number of rotatable bonds is 4. The van der Waals surface area contributed by atoms with Crippen LogP contribution in [0.2, 0.25) is 10.2 Å². The van der Waals surface area contributed by atoms with E-state index in [9.17, 15) is 4.79 Å². The molecule has 2 aromatic rings. The molecule has 0 atom stereocenters. The monoisotopic (exact) mass is 311 g/mol. The van der Waals surface area contributed by atoms with Crippen LogP contribution in [0.25, 0.3) is 0 Å². The first kappa shape index (κ1) is 14.6. The summed E-state index contributed by atoms with van der Waals surface area (Å²) in [5, 5.41) is 0.382. The third-order valence-corrected chi connectivity index (χ3v) is 3.02. The Kier molecular flexibility index (Phi) is 4.82. The maximum Gasteiger partial charge on any atom is 0.358 e. The van der Waals surface area contributed by atoms with Crippen LogP contribution in [0.1, 0.15) is 16.1 Å². The summed E-state index contributed by atoms with van der Waals surface area (Å²) in [7, 11) is 1.57. The molecule has 0 aliphatic rings. The van der Waals surface area contributed by atoms with Crippen molar-refractivity contribution in [1.82, 2.24) is 4.98 Å². The molecule has 0 fully saturated rings. The number of benzene rings is 1. The van der Waals surface area contributed by atoms with Crippen LogP contribution in [0.5, 0.6) is 5.75 Å². The summed E-state index contributed by atoms with van der Waals surface area (Å²) in [4.78, 5) is 15.7. The van der Waals surface area contributed by atoms with Gasteiger partial charge >= 0.3 is 5.97 Å². The molecule has 0 saturated carbocycles. The van der Waals surface area contributed by atoms with Crippen molar-refractivity contribution in [3.63, 3.8) is 0 Å². The lowest BCUT2D eigenvalue weighted by Gasteiger charge is -2.07. The van der Waals surface area contributed by atoms with Gasteiger partial charge in [-0.3, -0.25) is 0 Å². The molecule has 0 aliphatic heterocycles. The lowest BCUT2D eigenvalue weighted by molar-refractivity contribution is 0.0465. The van der Waals surface area contributed by atoms with E-state index < -0.39 is 5.97 Å². The quantitative estimate of drug-likeness (QED) is 0.637. The van der Waals surface area contributed by atoms with Gasteiger partial charge in [0.1, 0.15) is 17.5 Å². The van der Waals surface area contributed by atoms with Crippen molar-refractivity contribution in [2.75, 3.05) is 7.11 Å². The van der Waals surface area contributed by atoms with Gasteiger partial charge in [0.15, 0.2) is 5.69 Å². The molecule has 6 heteroatoms. The van der Waals surface area contributed by atoms with Gasteiger partial charge in [0.25, 0.3) is 0 Å². The number of hydrogen-bond donors (Lipinski definition) is 0. The number of nitrogens with zero attached hydrogens (tertiary/aromatic N) is 1. The normalized spacial score (nSPS) is 10.2. The molecule has 0 unspecified atom stereocenters. The smallest absolute Gasteiger partial charge is 0.358 e. The molecule has 0 aliphatic carbocycles. The molecule has 104 valence electrons. The average molecular weight is 312 g/mol. The van der Waals surface area contributed by atoms with Crippen LogP contribution < -0.4 is 4.74 Å². The highest BCUT2D eigenvalue weighted by molar-refractivity contribution is 6.34. The Morgan fingerprint density at radius 3 is 2.80 bits per heavy atom. The number of halogens is 2. The summed E-state index contributed by atoms with van der Waals surface area (Å²) in [6.07, 6.45) is 0. The summed E-state index contributed by atoms with van der Waals surface area (Å²) in [5.41, 5.74) is 0.804. The van der Waals surface area contributed by atoms with Crippen molar-refractivity contribution in [3.05, 3.63) is 57.8 Å². The first-order chi connectivity index (χ1) is 9.60. The Morgan fingerprint density at radius 1 is 1.25 bits per heavy atom. The molecule has 1 heterocycles. The minimum absolute atomic E-state index is 0.00191. The van der Waals surface area contributed by atoms with E-state index in [4.69, 9.17) is 32.7 Å². The number of carbonyl (C=O) groups is 1. The first-order valence-corrected chi connectivity index (χ1v) is 6.48. The first-order valence-electron chi connectivity index (χ1n) is 5.72. The Hall–Kier alpha value is -1.78. The van der Waals surface area contributed by atoms with Gasteiger partial charge in [0.05, 0.1) is 12.1 Å². The Bertz CT molecular complexity index is 632. The molecule has 0 spiro atoms. The van der Waals surface area contributed by atoms with Crippen molar-refractivity contribution in [2.45, 2.75) is 6.61 Å². The number of methoxy groups -OCH3 is 1. The van der Waals surface area contributed by atoms with Crippen molar-refractivity contribution in [1.29, 1.82) is 0 Å². The zero-order chi connectivity index (χ0) is 14.5. The lowest BCUT2D eigenvalue weighted by atomic mass is 10.2. The van der Waals surface area contributed by atoms with E-state index in [0.717, 1.165) is 5.56 Å². The fraction of sp³-hybridized carbons (Fsp3) is 0.143. The van der Waals surface area contributed by atoms with Gasteiger partial charge in [0.2, 0.25) is 0 Å². The topological polar surface area (TPSA) is 48.4 Å². The standard InChI is InChI=1S/C14H11Cl2NO3/c1-19-10-4-2-3-9(7-10)8-20-14(18)13-11(15)5-6-12(16)17-13/h2-7H,8H2,1H3. The van der Waals surface area contributed by atoms with Crippen molar-refractivity contribution in [2.24, 2.45) is 0 Å². The highest BCUT2D eigenvalue weighted by Gasteiger charge is 2.14. The predicted octanol–water partition coefficient (Wildman–Crippen LogP) is 3.75. The largest absolute Gasteiger partial charge is 0.497 e. The molecule has 2 rings (SSSR count). The van der Waals surface area contributed by atoms with Gasteiger partial charge < -0.3 is 9.47 Å². The highest BCUT2D eigenvalue weighted by atomic mass is 35.5. The predicted molar refractivity (Wildman–Crippen MR) is 76.4 cm³/mol. The molecular weight excluding hydrogens is 301 g/mol. The van der Waals surface area contributed by atoms with E-state index in [1.165, 1.54) is 12.1 Å². The fourth-order valence-electron chi connectivity index (χ4n) is 1.54. The fourth-order valence-corrected chi connectivity index (χ4v) is 1.87. The van der Waals surface area contributed by atoms with Crippen molar-refractivity contribution >= 4 is 29.2 Å². The third kappa shape index (κ3) is 3.62. The highest BCUT2D eigenvalue weighted by Crippen LogP contribution is 2.19. The number of esters is 1. The summed E-state index contributed by atoms with van der Waals surface area (Å²) in [6.45, 7) is 0.0978. The van der Waals surface area contributed by atoms with Crippen LogP contribution in [0.4, 0.5) is 0 Å². The van der Waals surface area contributed by atoms with Crippen LogP contribution in [0, 0.1) is 0 Å². The van der Waals surface area contributed by atoms with E-state index in [-0.39, 0.29) is 22.5 Å². The summed E-state index contributed by atoms with van der Waals surface area (Å²) in [6, 6.07) is 10.2. The summed E-state index contributed by atoms with van der Waals surface area (Å²) >= 11 is 11.6. The second-order valence-corrected chi connectivity index (χ2v) is 4.69. The zero-order valence-electron chi connectivity index (χ0n) is 10.6. The van der Waals surface area contributed by atoms with E-state index in [0.29, 0.717) is 5.75 Å². The SMILES string of the molecule is COc1cccc(COC(=O)c2nc(Cl)ccc2Cl)c1. The van der Waals surface area contributed by atoms with Gasteiger partial charge in [-0.15, -0.1) is 0 Å². The number of pyridine rings is 1. The van der Waals surface area contributed by atoms with E-state index in [1.807, 2.05) is 12.1 Å². The number of hydrogen-bond acceptors (Lipinski definition) is 4. The van der Waals surface area contributed by atoms with Gasteiger partial charge in [-0.1, -0.05) is 35.3 Å².